The molecule has 1 fully saturated rings. The maximum atomic E-state index is 13.9. The van der Waals surface area contributed by atoms with Crippen LogP contribution in [0.3, 0.4) is 0 Å². The van der Waals surface area contributed by atoms with Gasteiger partial charge in [-0.15, -0.1) is 0 Å². The molecule has 0 amide bonds. The Bertz CT molecular complexity index is 718. The Morgan fingerprint density at radius 3 is 2.54 bits per heavy atom. The Hall–Kier alpha value is -2.22. The van der Waals surface area contributed by atoms with Gasteiger partial charge in [0.25, 0.3) is 0 Å². The summed E-state index contributed by atoms with van der Waals surface area (Å²) >= 11 is 0. The molecular formula is C20H21FN2O. The van der Waals surface area contributed by atoms with Gasteiger partial charge in [-0.1, -0.05) is 30.3 Å². The summed E-state index contributed by atoms with van der Waals surface area (Å²) in [4.78, 5) is 2.19. The second kappa shape index (κ2) is 7.57. The third-order valence-electron chi connectivity index (χ3n) is 4.79. The van der Waals surface area contributed by atoms with Crippen LogP contribution >= 0.6 is 0 Å². The first kappa shape index (κ1) is 16.6. The minimum absolute atomic E-state index is 0.235. The molecule has 0 aromatic heterocycles. The number of piperidine rings is 1. The molecule has 2 aromatic carbocycles. The molecule has 4 heteroatoms. The van der Waals surface area contributed by atoms with Gasteiger partial charge in [0.1, 0.15) is 5.82 Å². The summed E-state index contributed by atoms with van der Waals surface area (Å²) in [5.74, 6) is -0.0283. The lowest BCUT2D eigenvalue weighted by atomic mass is 9.87. The smallest absolute Gasteiger partial charge is 0.127 e. The normalized spacial score (nSPS) is 17.4. The number of hydrogen-bond donors (Lipinski definition) is 1. The van der Waals surface area contributed by atoms with Gasteiger partial charge >= 0.3 is 0 Å². The van der Waals surface area contributed by atoms with Crippen LogP contribution in [0.25, 0.3) is 0 Å². The largest absolute Gasteiger partial charge is 0.388 e. The van der Waals surface area contributed by atoms with Crippen molar-refractivity contribution >= 4 is 0 Å². The van der Waals surface area contributed by atoms with Crippen LogP contribution in [0.2, 0.25) is 0 Å². The van der Waals surface area contributed by atoms with Gasteiger partial charge in [-0.2, -0.15) is 5.26 Å². The fourth-order valence-electron chi connectivity index (χ4n) is 3.36. The topological polar surface area (TPSA) is 47.3 Å². The molecule has 124 valence electrons. The van der Waals surface area contributed by atoms with Crippen molar-refractivity contribution in [2.24, 2.45) is 5.92 Å². The van der Waals surface area contributed by atoms with E-state index in [1.165, 1.54) is 12.1 Å². The van der Waals surface area contributed by atoms with Gasteiger partial charge < -0.3 is 5.11 Å². The van der Waals surface area contributed by atoms with Crippen LogP contribution in [-0.2, 0) is 6.54 Å². The first-order chi connectivity index (χ1) is 11.7. The van der Waals surface area contributed by atoms with E-state index in [0.29, 0.717) is 17.7 Å². The minimum atomic E-state index is -0.438. The Balaban J connectivity index is 1.59. The van der Waals surface area contributed by atoms with Gasteiger partial charge in [-0.05, 0) is 55.6 Å². The van der Waals surface area contributed by atoms with E-state index in [1.54, 1.807) is 6.07 Å². The van der Waals surface area contributed by atoms with E-state index in [-0.39, 0.29) is 11.7 Å². The summed E-state index contributed by atoms with van der Waals surface area (Å²) in [5, 5.41) is 19.5. The van der Waals surface area contributed by atoms with Crippen molar-refractivity contribution in [1.29, 1.82) is 5.26 Å². The van der Waals surface area contributed by atoms with E-state index in [4.69, 9.17) is 5.26 Å². The van der Waals surface area contributed by atoms with Gasteiger partial charge in [-0.3, -0.25) is 4.90 Å². The van der Waals surface area contributed by atoms with Gasteiger partial charge in [0, 0.05) is 12.1 Å². The summed E-state index contributed by atoms with van der Waals surface area (Å²) in [5.41, 5.74) is 2.01. The van der Waals surface area contributed by atoms with Crippen LogP contribution in [0.5, 0.6) is 0 Å². The van der Waals surface area contributed by atoms with Gasteiger partial charge in [0.15, 0.2) is 0 Å². The summed E-state index contributed by atoms with van der Waals surface area (Å²) in [6, 6.07) is 16.3. The molecule has 24 heavy (non-hydrogen) atoms. The third-order valence-corrected chi connectivity index (χ3v) is 4.79. The molecule has 1 heterocycles. The molecule has 0 bridgehead atoms. The molecule has 2 aromatic rings. The molecular weight excluding hydrogens is 303 g/mol. The minimum Gasteiger partial charge on any atom is -0.388 e. The van der Waals surface area contributed by atoms with E-state index in [0.717, 1.165) is 31.5 Å². The number of aliphatic hydroxyl groups excluding tert-OH is 1. The molecule has 1 atom stereocenters. The number of likely N-dealkylation sites (tertiary alicyclic amines) is 1. The number of nitriles is 1. The van der Waals surface area contributed by atoms with Crippen molar-refractivity contribution in [2.75, 3.05) is 13.1 Å². The molecule has 3 nitrogen and oxygen atoms in total. The number of aliphatic hydroxyl groups is 1. The first-order valence-electron chi connectivity index (χ1n) is 8.31. The molecule has 3 rings (SSSR count). The molecule has 1 unspecified atom stereocenters. The Morgan fingerprint density at radius 1 is 1.17 bits per heavy atom. The quantitative estimate of drug-likeness (QED) is 0.934. The summed E-state index contributed by atoms with van der Waals surface area (Å²) in [6.07, 6.45) is 1.33. The van der Waals surface area contributed by atoms with Crippen LogP contribution in [0, 0.1) is 23.1 Å². The van der Waals surface area contributed by atoms with Gasteiger partial charge in [0.2, 0.25) is 0 Å². The SMILES string of the molecule is N#Cc1ccc(F)c(CN2CCC(C(O)c3ccccc3)CC2)c1. The van der Waals surface area contributed by atoms with Crippen LogP contribution in [0.4, 0.5) is 4.39 Å². The second-order valence-electron chi connectivity index (χ2n) is 6.39. The van der Waals surface area contributed by atoms with Gasteiger partial charge in [0.05, 0.1) is 17.7 Å². The number of hydrogen-bond acceptors (Lipinski definition) is 3. The lowest BCUT2D eigenvalue weighted by molar-refractivity contribution is 0.0565. The number of rotatable bonds is 4. The molecule has 0 spiro atoms. The number of halogens is 1. The van der Waals surface area contributed by atoms with Crippen molar-refractivity contribution < 1.29 is 9.50 Å². The molecule has 0 saturated carbocycles. The molecule has 1 aliphatic rings. The van der Waals surface area contributed by atoms with E-state index in [1.807, 2.05) is 30.3 Å². The van der Waals surface area contributed by atoms with Crippen LogP contribution in [-0.4, -0.2) is 23.1 Å². The Morgan fingerprint density at radius 2 is 1.88 bits per heavy atom. The maximum Gasteiger partial charge on any atom is 0.127 e. The highest BCUT2D eigenvalue weighted by Gasteiger charge is 2.26. The maximum absolute atomic E-state index is 13.9. The van der Waals surface area contributed by atoms with E-state index in [9.17, 15) is 9.50 Å². The predicted octanol–water partition coefficient (Wildman–Crippen LogP) is 3.64. The highest BCUT2D eigenvalue weighted by Crippen LogP contribution is 2.31. The molecule has 0 aliphatic carbocycles. The third kappa shape index (κ3) is 3.81. The van der Waals surface area contributed by atoms with Crippen LogP contribution in [0.15, 0.2) is 48.5 Å². The zero-order valence-corrected chi connectivity index (χ0v) is 13.5. The van der Waals surface area contributed by atoms with Crippen molar-refractivity contribution in [2.45, 2.75) is 25.5 Å². The van der Waals surface area contributed by atoms with Crippen molar-refractivity contribution in [3.63, 3.8) is 0 Å². The fourth-order valence-corrected chi connectivity index (χ4v) is 3.36. The van der Waals surface area contributed by atoms with Gasteiger partial charge in [-0.25, -0.2) is 4.39 Å². The second-order valence-corrected chi connectivity index (χ2v) is 6.39. The summed E-state index contributed by atoms with van der Waals surface area (Å²) in [6.45, 7) is 2.16. The van der Waals surface area contributed by atoms with Crippen molar-refractivity contribution in [3.8, 4) is 6.07 Å². The fraction of sp³-hybridized carbons (Fsp3) is 0.350. The van der Waals surface area contributed by atoms with E-state index < -0.39 is 6.10 Å². The van der Waals surface area contributed by atoms with Crippen molar-refractivity contribution in [1.82, 2.24) is 4.90 Å². The van der Waals surface area contributed by atoms with E-state index >= 15 is 0 Å². The molecule has 1 N–H and O–H groups in total. The summed E-state index contributed by atoms with van der Waals surface area (Å²) < 4.78 is 13.9. The van der Waals surface area contributed by atoms with Crippen LogP contribution in [0.1, 0.15) is 35.6 Å². The van der Waals surface area contributed by atoms with Crippen molar-refractivity contribution in [3.05, 3.63) is 71.0 Å². The molecule has 1 saturated heterocycles. The molecule has 0 radical (unpaired) electrons. The average Bonchev–Trinajstić information content (AvgIpc) is 2.64. The highest BCUT2D eigenvalue weighted by atomic mass is 19.1. The van der Waals surface area contributed by atoms with Crippen LogP contribution < -0.4 is 0 Å². The first-order valence-corrected chi connectivity index (χ1v) is 8.31. The zero-order valence-electron chi connectivity index (χ0n) is 13.5. The number of nitrogens with zero attached hydrogens (tertiary/aromatic N) is 2. The lowest BCUT2D eigenvalue weighted by Gasteiger charge is -2.34. The lowest BCUT2D eigenvalue weighted by Crippen LogP contribution is -2.35. The number of benzene rings is 2. The average molecular weight is 324 g/mol. The predicted molar refractivity (Wildman–Crippen MR) is 90.5 cm³/mol. The Labute approximate surface area is 142 Å². The Kier molecular flexibility index (Phi) is 5.24. The highest BCUT2D eigenvalue weighted by molar-refractivity contribution is 5.33. The van der Waals surface area contributed by atoms with E-state index in [2.05, 4.69) is 11.0 Å². The zero-order chi connectivity index (χ0) is 16.9. The molecule has 1 aliphatic heterocycles. The monoisotopic (exact) mass is 324 g/mol. The standard InChI is InChI=1S/C20H21FN2O/c21-19-7-6-15(13-22)12-18(19)14-23-10-8-17(9-11-23)20(24)16-4-2-1-3-5-16/h1-7,12,17,20,24H,8-11,14H2. The summed E-state index contributed by atoms with van der Waals surface area (Å²) in [7, 11) is 0.